The van der Waals surface area contributed by atoms with Gasteiger partial charge < -0.3 is 19.3 Å². The van der Waals surface area contributed by atoms with Crippen molar-refractivity contribution in [3.8, 4) is 17.2 Å². The maximum Gasteiger partial charge on any atom is 0.371 e. The summed E-state index contributed by atoms with van der Waals surface area (Å²) in [5, 5.41) is 9.30. The molecule has 0 fully saturated rings. The third-order valence-corrected chi connectivity index (χ3v) is 2.91. The fourth-order valence-corrected chi connectivity index (χ4v) is 1.81. The maximum atomic E-state index is 11.4. The van der Waals surface area contributed by atoms with E-state index in [0.717, 1.165) is 0 Å². The van der Waals surface area contributed by atoms with Crippen LogP contribution in [0.5, 0.6) is 17.2 Å². The molecule has 0 spiro atoms. The fourth-order valence-electron chi connectivity index (χ4n) is 1.81. The predicted molar refractivity (Wildman–Crippen MR) is 82.2 cm³/mol. The summed E-state index contributed by atoms with van der Waals surface area (Å²) in [4.78, 5) is 11.4. The van der Waals surface area contributed by atoms with Gasteiger partial charge in [-0.15, -0.1) is 0 Å². The number of rotatable bonds is 6. The van der Waals surface area contributed by atoms with E-state index in [4.69, 9.17) is 14.2 Å². The monoisotopic (exact) mass is 300 g/mol. The largest absolute Gasteiger partial charge is 0.497 e. The quantitative estimate of drug-likeness (QED) is 0.655. The summed E-state index contributed by atoms with van der Waals surface area (Å²) < 4.78 is 15.7. The molecule has 0 heterocycles. The summed E-state index contributed by atoms with van der Waals surface area (Å²) in [5.41, 5.74) is 0.688. The van der Waals surface area contributed by atoms with Crippen LogP contribution in [0.2, 0.25) is 0 Å². The van der Waals surface area contributed by atoms with Crippen LogP contribution in [0.4, 0.5) is 0 Å². The van der Waals surface area contributed by atoms with Crippen molar-refractivity contribution >= 4 is 12.0 Å². The molecule has 0 aliphatic carbocycles. The van der Waals surface area contributed by atoms with E-state index < -0.39 is 5.97 Å². The lowest BCUT2D eigenvalue weighted by molar-refractivity contribution is -0.134. The highest BCUT2D eigenvalue weighted by atomic mass is 16.5. The summed E-state index contributed by atoms with van der Waals surface area (Å²) in [6.07, 6.45) is 1.44. The third kappa shape index (κ3) is 3.79. The van der Waals surface area contributed by atoms with Crippen LogP contribution in [0, 0.1) is 0 Å². The minimum Gasteiger partial charge on any atom is -0.497 e. The van der Waals surface area contributed by atoms with Gasteiger partial charge in [0.1, 0.15) is 5.75 Å². The molecule has 0 saturated carbocycles. The maximum absolute atomic E-state index is 11.4. The highest BCUT2D eigenvalue weighted by Gasteiger charge is 2.13. The summed E-state index contributed by atoms with van der Waals surface area (Å²) in [7, 11) is 3.06. The summed E-state index contributed by atoms with van der Waals surface area (Å²) in [5.74, 6) is 0.132. The molecule has 5 nitrogen and oxygen atoms in total. The fraction of sp³-hybridized carbons (Fsp3) is 0.118. The van der Waals surface area contributed by atoms with E-state index in [-0.39, 0.29) is 5.76 Å². The van der Waals surface area contributed by atoms with Crippen molar-refractivity contribution in [2.24, 2.45) is 0 Å². The number of hydrogen-bond donors (Lipinski definition) is 1. The Balaban J connectivity index is 2.29. The Labute approximate surface area is 128 Å². The van der Waals surface area contributed by atoms with E-state index in [1.807, 2.05) is 0 Å². The van der Waals surface area contributed by atoms with Gasteiger partial charge in [-0.05, 0) is 35.9 Å². The molecule has 2 aromatic carbocycles. The van der Waals surface area contributed by atoms with Gasteiger partial charge in [-0.1, -0.05) is 24.3 Å². The number of carboxylic acid groups (broad SMARTS) is 1. The van der Waals surface area contributed by atoms with E-state index in [9.17, 15) is 9.90 Å². The molecule has 0 amide bonds. The van der Waals surface area contributed by atoms with Gasteiger partial charge in [-0.2, -0.15) is 0 Å². The van der Waals surface area contributed by atoms with Crippen LogP contribution in [-0.4, -0.2) is 25.3 Å². The Kier molecular flexibility index (Phi) is 5.03. The highest BCUT2D eigenvalue weighted by molar-refractivity contribution is 5.90. The average Bonchev–Trinajstić information content (AvgIpc) is 2.55. The molecular formula is C17H16O5. The molecule has 0 bridgehead atoms. The van der Waals surface area contributed by atoms with Gasteiger partial charge in [-0.25, -0.2) is 4.79 Å². The van der Waals surface area contributed by atoms with E-state index in [2.05, 4.69) is 0 Å². The summed E-state index contributed by atoms with van der Waals surface area (Å²) in [6, 6.07) is 13.8. The van der Waals surface area contributed by atoms with Crippen LogP contribution in [0.15, 0.2) is 54.3 Å². The van der Waals surface area contributed by atoms with Crippen molar-refractivity contribution in [1.82, 2.24) is 0 Å². The second-order valence-corrected chi connectivity index (χ2v) is 4.34. The zero-order valence-electron chi connectivity index (χ0n) is 12.3. The Morgan fingerprint density at radius 2 is 1.59 bits per heavy atom. The highest BCUT2D eigenvalue weighted by Crippen LogP contribution is 2.28. The number of carboxylic acids is 1. The van der Waals surface area contributed by atoms with Crippen molar-refractivity contribution in [2.45, 2.75) is 0 Å². The van der Waals surface area contributed by atoms with Crippen LogP contribution < -0.4 is 14.2 Å². The van der Waals surface area contributed by atoms with Gasteiger partial charge in [0, 0.05) is 0 Å². The molecular weight excluding hydrogens is 284 g/mol. The number of methoxy groups -OCH3 is 2. The standard InChI is InChI=1S/C17H16O5/c1-20-13-9-7-12(8-10-13)11-16(17(18)19)22-15-6-4-3-5-14(15)21-2/h3-11H,1-2H3,(H,18,19). The zero-order valence-corrected chi connectivity index (χ0v) is 12.3. The van der Waals surface area contributed by atoms with E-state index >= 15 is 0 Å². The first-order chi connectivity index (χ1) is 10.6. The summed E-state index contributed by atoms with van der Waals surface area (Å²) in [6.45, 7) is 0. The molecule has 1 N–H and O–H groups in total. The van der Waals surface area contributed by atoms with E-state index in [0.29, 0.717) is 22.8 Å². The van der Waals surface area contributed by atoms with E-state index in [1.165, 1.54) is 13.2 Å². The normalized spacial score (nSPS) is 10.9. The van der Waals surface area contributed by atoms with Gasteiger partial charge in [-0.3, -0.25) is 0 Å². The minimum atomic E-state index is -1.17. The molecule has 0 aliphatic rings. The van der Waals surface area contributed by atoms with Crippen molar-refractivity contribution in [1.29, 1.82) is 0 Å². The van der Waals surface area contributed by atoms with Crippen LogP contribution in [0.1, 0.15) is 5.56 Å². The lowest BCUT2D eigenvalue weighted by atomic mass is 10.2. The van der Waals surface area contributed by atoms with Crippen molar-refractivity contribution in [3.05, 3.63) is 59.9 Å². The second kappa shape index (κ2) is 7.17. The number of benzene rings is 2. The van der Waals surface area contributed by atoms with Gasteiger partial charge in [0.2, 0.25) is 5.76 Å². The lowest BCUT2D eigenvalue weighted by Gasteiger charge is -2.10. The van der Waals surface area contributed by atoms with Crippen LogP contribution in [-0.2, 0) is 4.79 Å². The SMILES string of the molecule is COc1ccc(C=C(Oc2ccccc2OC)C(=O)O)cc1. The van der Waals surface area contributed by atoms with Crippen LogP contribution >= 0.6 is 0 Å². The number of carbonyl (C=O) groups is 1. The molecule has 2 rings (SSSR count). The second-order valence-electron chi connectivity index (χ2n) is 4.34. The first-order valence-electron chi connectivity index (χ1n) is 6.54. The topological polar surface area (TPSA) is 65.0 Å². The van der Waals surface area contributed by atoms with Crippen LogP contribution in [0.25, 0.3) is 6.08 Å². The minimum absolute atomic E-state index is 0.199. The Bertz CT molecular complexity index is 674. The Morgan fingerprint density at radius 1 is 0.955 bits per heavy atom. The molecule has 0 radical (unpaired) electrons. The predicted octanol–water partition coefficient (Wildman–Crippen LogP) is 3.21. The molecule has 2 aromatic rings. The van der Waals surface area contributed by atoms with Crippen molar-refractivity contribution < 1.29 is 24.1 Å². The first kappa shape index (κ1) is 15.4. The number of hydrogen-bond acceptors (Lipinski definition) is 4. The zero-order chi connectivity index (χ0) is 15.9. The van der Waals surface area contributed by atoms with Gasteiger partial charge >= 0.3 is 5.97 Å². The first-order valence-corrected chi connectivity index (χ1v) is 6.54. The third-order valence-electron chi connectivity index (χ3n) is 2.91. The Morgan fingerprint density at radius 3 is 2.14 bits per heavy atom. The molecule has 114 valence electrons. The van der Waals surface area contributed by atoms with Gasteiger partial charge in [0.25, 0.3) is 0 Å². The molecule has 0 saturated heterocycles. The summed E-state index contributed by atoms with van der Waals surface area (Å²) >= 11 is 0. The van der Waals surface area contributed by atoms with Crippen molar-refractivity contribution in [3.63, 3.8) is 0 Å². The molecule has 0 aliphatic heterocycles. The van der Waals surface area contributed by atoms with Gasteiger partial charge in [0.15, 0.2) is 11.5 Å². The smallest absolute Gasteiger partial charge is 0.371 e. The number of aliphatic carboxylic acids is 1. The van der Waals surface area contributed by atoms with Crippen molar-refractivity contribution in [2.75, 3.05) is 14.2 Å². The molecule has 5 heteroatoms. The molecule has 0 unspecified atom stereocenters. The molecule has 0 aromatic heterocycles. The number of para-hydroxylation sites is 2. The number of ether oxygens (including phenoxy) is 3. The average molecular weight is 300 g/mol. The molecule has 0 atom stereocenters. The van der Waals surface area contributed by atoms with Gasteiger partial charge in [0.05, 0.1) is 14.2 Å². The van der Waals surface area contributed by atoms with E-state index in [1.54, 1.807) is 55.6 Å². The molecule has 22 heavy (non-hydrogen) atoms. The lowest BCUT2D eigenvalue weighted by Crippen LogP contribution is -2.08. The Hall–Kier alpha value is -2.95. The van der Waals surface area contributed by atoms with Crippen LogP contribution in [0.3, 0.4) is 0 Å².